The van der Waals surface area contributed by atoms with Gasteiger partial charge in [0.1, 0.15) is 0 Å². The molecular weight excluding hydrogens is 332 g/mol. The second-order valence-corrected chi connectivity index (χ2v) is 6.17. The number of hydrogen-bond acceptors (Lipinski definition) is 3. The predicted octanol–water partition coefficient (Wildman–Crippen LogP) is 2.82. The number of benzene rings is 2. The highest BCUT2D eigenvalue weighted by Crippen LogP contribution is 2.17. The van der Waals surface area contributed by atoms with Crippen LogP contribution in [-0.4, -0.2) is 24.4 Å². The number of rotatable bonds is 6. The SMILES string of the molecule is CC(C)CNC(=O)c1ccccc1NC(=O)c1ccc(NC(N)=O)cc1. The molecule has 0 heterocycles. The maximum Gasteiger partial charge on any atom is 0.316 e. The normalized spacial score (nSPS) is 10.3. The number of urea groups is 1. The van der Waals surface area contributed by atoms with Crippen molar-refractivity contribution in [1.82, 2.24) is 5.32 Å². The van der Waals surface area contributed by atoms with E-state index < -0.39 is 6.03 Å². The van der Waals surface area contributed by atoms with Crippen LogP contribution in [0.5, 0.6) is 0 Å². The molecule has 2 rings (SSSR count). The van der Waals surface area contributed by atoms with E-state index in [1.807, 2.05) is 13.8 Å². The van der Waals surface area contributed by atoms with Crippen molar-refractivity contribution in [2.75, 3.05) is 17.2 Å². The maximum atomic E-state index is 12.4. The number of amides is 4. The first kappa shape index (κ1) is 19.0. The molecule has 0 unspecified atom stereocenters. The van der Waals surface area contributed by atoms with Gasteiger partial charge in [-0.1, -0.05) is 26.0 Å². The summed E-state index contributed by atoms with van der Waals surface area (Å²) in [4.78, 5) is 35.6. The van der Waals surface area contributed by atoms with Crippen LogP contribution >= 0.6 is 0 Å². The molecule has 0 aromatic heterocycles. The minimum Gasteiger partial charge on any atom is -0.352 e. The molecule has 0 saturated heterocycles. The Morgan fingerprint density at radius 1 is 0.923 bits per heavy atom. The Labute approximate surface area is 152 Å². The molecule has 4 amide bonds. The molecular formula is C19H22N4O3. The van der Waals surface area contributed by atoms with Crippen LogP contribution in [0.1, 0.15) is 34.6 Å². The number of primary amides is 1. The lowest BCUT2D eigenvalue weighted by Crippen LogP contribution is -2.28. The molecule has 136 valence electrons. The summed E-state index contributed by atoms with van der Waals surface area (Å²) in [6.07, 6.45) is 0. The minimum atomic E-state index is -0.677. The molecule has 0 atom stereocenters. The lowest BCUT2D eigenvalue weighted by molar-refractivity contribution is 0.0950. The fourth-order valence-electron chi connectivity index (χ4n) is 2.22. The fraction of sp³-hybridized carbons (Fsp3) is 0.211. The van der Waals surface area contributed by atoms with E-state index in [2.05, 4.69) is 16.0 Å². The summed E-state index contributed by atoms with van der Waals surface area (Å²) in [5.74, 6) is -0.274. The van der Waals surface area contributed by atoms with Gasteiger partial charge in [0, 0.05) is 17.8 Å². The van der Waals surface area contributed by atoms with Crippen molar-refractivity contribution in [3.63, 3.8) is 0 Å². The van der Waals surface area contributed by atoms with E-state index >= 15 is 0 Å². The van der Waals surface area contributed by atoms with Crippen LogP contribution in [0, 0.1) is 5.92 Å². The van der Waals surface area contributed by atoms with Crippen LogP contribution in [0.3, 0.4) is 0 Å². The summed E-state index contributed by atoms with van der Waals surface area (Å²) < 4.78 is 0. The molecule has 0 radical (unpaired) electrons. The molecule has 0 aliphatic carbocycles. The predicted molar refractivity (Wildman–Crippen MR) is 101 cm³/mol. The quantitative estimate of drug-likeness (QED) is 0.639. The maximum absolute atomic E-state index is 12.4. The monoisotopic (exact) mass is 354 g/mol. The zero-order valence-electron chi connectivity index (χ0n) is 14.7. The summed E-state index contributed by atoms with van der Waals surface area (Å²) in [5, 5.41) is 8.00. The standard InChI is InChI=1S/C19H22N4O3/c1-12(2)11-21-18(25)15-5-3-4-6-16(15)23-17(24)13-7-9-14(10-8-13)22-19(20)26/h3-10,12H,11H2,1-2H3,(H,21,25)(H,23,24)(H3,20,22,26). The van der Waals surface area contributed by atoms with Gasteiger partial charge in [0.15, 0.2) is 0 Å². The molecule has 26 heavy (non-hydrogen) atoms. The van der Waals surface area contributed by atoms with Crippen LogP contribution in [0.4, 0.5) is 16.2 Å². The molecule has 2 aromatic rings. The summed E-state index contributed by atoms with van der Waals surface area (Å²) in [6, 6.07) is 12.4. The van der Waals surface area contributed by atoms with Gasteiger partial charge in [-0.05, 0) is 42.3 Å². The molecule has 0 aliphatic heterocycles. The lowest BCUT2D eigenvalue weighted by Gasteiger charge is -2.12. The second kappa shape index (κ2) is 8.66. The van der Waals surface area contributed by atoms with Gasteiger partial charge >= 0.3 is 6.03 Å². The van der Waals surface area contributed by atoms with E-state index in [1.165, 1.54) is 0 Å². The van der Waals surface area contributed by atoms with Gasteiger partial charge in [0.2, 0.25) is 0 Å². The third-order valence-corrected chi connectivity index (χ3v) is 3.51. The Morgan fingerprint density at radius 3 is 2.19 bits per heavy atom. The number of anilines is 2. The molecule has 7 heteroatoms. The number of carbonyl (C=O) groups is 3. The zero-order valence-corrected chi connectivity index (χ0v) is 14.7. The van der Waals surface area contributed by atoms with E-state index in [9.17, 15) is 14.4 Å². The van der Waals surface area contributed by atoms with Crippen molar-refractivity contribution in [2.45, 2.75) is 13.8 Å². The van der Waals surface area contributed by atoms with E-state index in [0.717, 1.165) is 0 Å². The average Bonchev–Trinajstić information content (AvgIpc) is 2.60. The van der Waals surface area contributed by atoms with Crippen molar-refractivity contribution < 1.29 is 14.4 Å². The largest absolute Gasteiger partial charge is 0.352 e. The Morgan fingerprint density at radius 2 is 1.58 bits per heavy atom. The molecule has 0 bridgehead atoms. The first-order valence-electron chi connectivity index (χ1n) is 8.22. The smallest absolute Gasteiger partial charge is 0.316 e. The Hall–Kier alpha value is -3.35. The molecule has 0 saturated carbocycles. The molecule has 0 spiro atoms. The van der Waals surface area contributed by atoms with Gasteiger partial charge < -0.3 is 21.7 Å². The van der Waals surface area contributed by atoms with E-state index in [4.69, 9.17) is 5.73 Å². The lowest BCUT2D eigenvalue weighted by atomic mass is 10.1. The first-order valence-corrected chi connectivity index (χ1v) is 8.22. The van der Waals surface area contributed by atoms with Gasteiger partial charge in [0.05, 0.1) is 11.3 Å². The highest BCUT2D eigenvalue weighted by Gasteiger charge is 2.14. The Bertz CT molecular complexity index is 801. The van der Waals surface area contributed by atoms with E-state index in [1.54, 1.807) is 48.5 Å². The van der Waals surface area contributed by atoms with Gasteiger partial charge in [-0.15, -0.1) is 0 Å². The highest BCUT2D eigenvalue weighted by molar-refractivity contribution is 6.09. The topological polar surface area (TPSA) is 113 Å². The number of carbonyl (C=O) groups excluding carboxylic acids is 3. The molecule has 7 nitrogen and oxygen atoms in total. The Balaban J connectivity index is 2.11. The van der Waals surface area contributed by atoms with Crippen molar-refractivity contribution in [1.29, 1.82) is 0 Å². The van der Waals surface area contributed by atoms with Crippen molar-refractivity contribution in [3.05, 3.63) is 59.7 Å². The van der Waals surface area contributed by atoms with Crippen LogP contribution in [0.2, 0.25) is 0 Å². The van der Waals surface area contributed by atoms with Crippen LogP contribution < -0.4 is 21.7 Å². The van der Waals surface area contributed by atoms with E-state index in [0.29, 0.717) is 35.0 Å². The zero-order chi connectivity index (χ0) is 19.1. The number of hydrogen-bond donors (Lipinski definition) is 4. The minimum absolute atomic E-state index is 0.240. The Kier molecular flexibility index (Phi) is 6.32. The summed E-state index contributed by atoms with van der Waals surface area (Å²) >= 11 is 0. The second-order valence-electron chi connectivity index (χ2n) is 6.17. The first-order chi connectivity index (χ1) is 12.4. The summed E-state index contributed by atoms with van der Waals surface area (Å²) in [6.45, 7) is 4.56. The third kappa shape index (κ3) is 5.34. The molecule has 5 N–H and O–H groups in total. The number of nitrogens with one attached hydrogen (secondary N) is 3. The van der Waals surface area contributed by atoms with Gasteiger partial charge in [-0.25, -0.2) is 4.79 Å². The van der Waals surface area contributed by atoms with Crippen LogP contribution in [-0.2, 0) is 0 Å². The van der Waals surface area contributed by atoms with Gasteiger partial charge in [-0.3, -0.25) is 9.59 Å². The molecule has 2 aromatic carbocycles. The van der Waals surface area contributed by atoms with Gasteiger partial charge in [0.25, 0.3) is 11.8 Å². The van der Waals surface area contributed by atoms with Crippen LogP contribution in [0.15, 0.2) is 48.5 Å². The average molecular weight is 354 g/mol. The molecule has 0 aliphatic rings. The number of nitrogens with two attached hydrogens (primary N) is 1. The number of para-hydroxylation sites is 1. The molecule has 0 fully saturated rings. The van der Waals surface area contributed by atoms with Crippen molar-refractivity contribution in [3.8, 4) is 0 Å². The van der Waals surface area contributed by atoms with Crippen LogP contribution in [0.25, 0.3) is 0 Å². The van der Waals surface area contributed by atoms with Gasteiger partial charge in [-0.2, -0.15) is 0 Å². The highest BCUT2D eigenvalue weighted by atomic mass is 16.2. The summed E-state index contributed by atoms with van der Waals surface area (Å²) in [7, 11) is 0. The third-order valence-electron chi connectivity index (χ3n) is 3.51. The summed E-state index contributed by atoms with van der Waals surface area (Å²) in [5.41, 5.74) is 6.75. The fourth-order valence-corrected chi connectivity index (χ4v) is 2.22. The van der Waals surface area contributed by atoms with E-state index in [-0.39, 0.29) is 11.8 Å². The van der Waals surface area contributed by atoms with Crippen molar-refractivity contribution in [2.24, 2.45) is 11.7 Å². The van der Waals surface area contributed by atoms with Crippen molar-refractivity contribution >= 4 is 29.2 Å².